The smallest absolute Gasteiger partial charge is 0.203 e. The molecule has 0 radical (unpaired) electrons. The largest absolute Gasteiger partial charge is 0.505 e. The summed E-state index contributed by atoms with van der Waals surface area (Å²) in [7, 11) is 0. The van der Waals surface area contributed by atoms with Crippen LogP contribution in [0.2, 0.25) is 0 Å². The zero-order chi connectivity index (χ0) is 22.2. The van der Waals surface area contributed by atoms with Crippen LogP contribution in [0.15, 0.2) is 36.0 Å². The maximum atomic E-state index is 14.0. The number of hydrogen-bond donors (Lipinski definition) is 4. The normalized spacial score (nSPS) is 32.9. The Labute approximate surface area is 179 Å². The average Bonchev–Trinajstić information content (AvgIpc) is 2.97. The number of aliphatic hydroxyl groups excluding tert-OH is 1. The summed E-state index contributed by atoms with van der Waals surface area (Å²) in [5.74, 6) is -0.105. The number of ketones is 1. The highest BCUT2D eigenvalue weighted by Crippen LogP contribution is 2.57. The summed E-state index contributed by atoms with van der Waals surface area (Å²) in [6.45, 7) is 9.75. The molecule has 4 N–H and O–H groups in total. The van der Waals surface area contributed by atoms with Crippen LogP contribution < -0.4 is 0 Å². The van der Waals surface area contributed by atoms with E-state index in [1.54, 1.807) is 0 Å². The highest BCUT2D eigenvalue weighted by atomic mass is 16.3. The molecule has 1 aromatic heterocycles. The van der Waals surface area contributed by atoms with Crippen LogP contribution in [0.5, 0.6) is 11.6 Å². The third-order valence-corrected chi connectivity index (χ3v) is 7.27. The zero-order valence-electron chi connectivity index (χ0n) is 18.6. The molecule has 0 saturated heterocycles. The predicted octanol–water partition coefficient (Wildman–Crippen LogP) is 5.43. The Kier molecular flexibility index (Phi) is 6.32. The number of H-pyrrole nitrogens is 1. The molecular formula is C25H35NO4. The average molecular weight is 414 g/mol. The van der Waals surface area contributed by atoms with Crippen molar-refractivity contribution in [3.8, 4) is 11.6 Å². The molecule has 5 heteroatoms. The lowest BCUT2D eigenvalue weighted by Crippen LogP contribution is -2.49. The van der Waals surface area contributed by atoms with Gasteiger partial charge in [-0.15, -0.1) is 0 Å². The van der Waals surface area contributed by atoms with Gasteiger partial charge in [0.15, 0.2) is 11.5 Å². The summed E-state index contributed by atoms with van der Waals surface area (Å²) < 4.78 is 0. The molecule has 1 aromatic rings. The molecule has 5 nitrogen and oxygen atoms in total. The van der Waals surface area contributed by atoms with Crippen molar-refractivity contribution in [1.29, 1.82) is 0 Å². The highest BCUT2D eigenvalue weighted by Gasteiger charge is 2.54. The molecule has 30 heavy (non-hydrogen) atoms. The van der Waals surface area contributed by atoms with E-state index in [0.717, 1.165) is 24.8 Å². The number of aromatic nitrogens is 1. The van der Waals surface area contributed by atoms with E-state index >= 15 is 0 Å². The fourth-order valence-electron chi connectivity index (χ4n) is 5.73. The van der Waals surface area contributed by atoms with Crippen molar-refractivity contribution < 1.29 is 20.1 Å². The molecule has 164 valence electrons. The van der Waals surface area contributed by atoms with Gasteiger partial charge in [0.2, 0.25) is 5.88 Å². The van der Waals surface area contributed by atoms with Crippen LogP contribution in [0.1, 0.15) is 76.0 Å². The molecular weight excluding hydrogens is 378 g/mol. The summed E-state index contributed by atoms with van der Waals surface area (Å²) >= 11 is 0. The minimum Gasteiger partial charge on any atom is -0.505 e. The number of carbonyl (C=O) groups excluding carboxylic acids is 1. The number of carbonyl (C=O) groups is 1. The molecule has 2 aliphatic rings. The lowest BCUT2D eigenvalue weighted by Gasteiger charge is -2.51. The summed E-state index contributed by atoms with van der Waals surface area (Å²) in [5, 5.41) is 31.1. The van der Waals surface area contributed by atoms with Crippen molar-refractivity contribution in [3.05, 3.63) is 47.2 Å². The number of rotatable bonds is 5. The van der Waals surface area contributed by atoms with Crippen molar-refractivity contribution in [2.45, 2.75) is 60.0 Å². The first-order valence-electron chi connectivity index (χ1n) is 11.0. The predicted molar refractivity (Wildman–Crippen MR) is 118 cm³/mol. The number of aliphatic hydroxyl groups is 1. The van der Waals surface area contributed by atoms with Crippen LogP contribution in [0.4, 0.5) is 0 Å². The van der Waals surface area contributed by atoms with Gasteiger partial charge in [-0.3, -0.25) is 4.79 Å². The van der Waals surface area contributed by atoms with Crippen molar-refractivity contribution in [3.63, 3.8) is 0 Å². The van der Waals surface area contributed by atoms with E-state index in [-0.39, 0.29) is 40.5 Å². The number of fused-ring (bicyclic) bond motifs is 1. The van der Waals surface area contributed by atoms with Crippen molar-refractivity contribution in [2.24, 2.45) is 29.1 Å². The second-order valence-corrected chi connectivity index (χ2v) is 9.39. The van der Waals surface area contributed by atoms with E-state index in [4.69, 9.17) is 0 Å². The van der Waals surface area contributed by atoms with Gasteiger partial charge in [0.05, 0.1) is 11.8 Å². The van der Waals surface area contributed by atoms with Gasteiger partial charge in [-0.05, 0) is 51.4 Å². The maximum Gasteiger partial charge on any atom is 0.203 e. The number of allylic oxidation sites excluding steroid dienone is 6. The van der Waals surface area contributed by atoms with E-state index in [0.29, 0.717) is 11.8 Å². The Hall–Kier alpha value is -2.27. The van der Waals surface area contributed by atoms with Crippen molar-refractivity contribution in [1.82, 2.24) is 4.98 Å². The highest BCUT2D eigenvalue weighted by molar-refractivity contribution is 6.05. The maximum absolute atomic E-state index is 14.0. The third kappa shape index (κ3) is 3.64. The van der Waals surface area contributed by atoms with Gasteiger partial charge in [0, 0.05) is 11.3 Å². The Balaban J connectivity index is 2.16. The fraction of sp³-hybridized carbons (Fsp3) is 0.560. The number of hydrogen-bond acceptors (Lipinski definition) is 4. The first-order chi connectivity index (χ1) is 14.1. The van der Waals surface area contributed by atoms with E-state index in [1.807, 2.05) is 32.1 Å². The molecule has 0 bridgehead atoms. The number of Topliss-reactive ketones (excluding diaryl/α,β-unsaturated/α-hetero) is 1. The molecule has 3 rings (SSSR count). The molecule has 6 atom stereocenters. The van der Waals surface area contributed by atoms with E-state index in [2.05, 4.69) is 31.0 Å². The summed E-state index contributed by atoms with van der Waals surface area (Å²) in [4.78, 5) is 16.6. The Bertz CT molecular complexity index is 891. The Morgan fingerprint density at radius 1 is 1.30 bits per heavy atom. The molecule has 1 saturated carbocycles. The minimum atomic E-state index is -1.02. The molecule has 0 amide bonds. The third-order valence-electron chi connectivity index (χ3n) is 7.27. The summed E-state index contributed by atoms with van der Waals surface area (Å²) in [5.41, 5.74) is 0.295. The van der Waals surface area contributed by atoms with Crippen molar-refractivity contribution >= 4 is 5.78 Å². The molecule has 2 aliphatic carbocycles. The van der Waals surface area contributed by atoms with Gasteiger partial charge in [-0.25, -0.2) is 0 Å². The SMILES string of the molecule is CC=CC=C[C@H]1C(C)=C[C@H]2C[C@@H](C)CC[C@@H]2[C@@]1(C)C(=O)c1c(O)[nH]c(C(C)O)c1O. The molecule has 1 heterocycles. The van der Waals surface area contributed by atoms with Gasteiger partial charge in [0.1, 0.15) is 5.56 Å². The second-order valence-electron chi connectivity index (χ2n) is 9.39. The number of aromatic hydroxyl groups is 2. The zero-order valence-corrected chi connectivity index (χ0v) is 18.6. The van der Waals surface area contributed by atoms with Crippen LogP contribution in [-0.2, 0) is 0 Å². The van der Waals surface area contributed by atoms with Crippen LogP contribution in [0.3, 0.4) is 0 Å². The molecule has 0 aromatic carbocycles. The number of aromatic amines is 1. The lowest BCUT2D eigenvalue weighted by molar-refractivity contribution is 0.0326. The van der Waals surface area contributed by atoms with Crippen LogP contribution in [0.25, 0.3) is 0 Å². The standard InChI is InChI=1S/C25H35NO4/c1-6-7-8-9-18-15(3)13-17-12-14(2)10-11-19(17)25(18,5)23(29)20-22(28)21(16(4)27)26-24(20)30/h6-9,13-14,16-19,26-28,30H,10-12H2,1-5H3/t14-,16?,17+,18-,19-,25-/m0/s1. The summed E-state index contributed by atoms with van der Waals surface area (Å²) in [6.07, 6.45) is 12.3. The van der Waals surface area contributed by atoms with Gasteiger partial charge in [0.25, 0.3) is 0 Å². The Morgan fingerprint density at radius 2 is 2.00 bits per heavy atom. The summed E-state index contributed by atoms with van der Waals surface area (Å²) in [6, 6.07) is 0. The quantitative estimate of drug-likeness (QED) is 0.294. The number of nitrogens with one attached hydrogen (secondary N) is 1. The van der Waals surface area contributed by atoms with Crippen LogP contribution >= 0.6 is 0 Å². The molecule has 1 fully saturated rings. The molecule has 0 spiro atoms. The monoisotopic (exact) mass is 413 g/mol. The topological polar surface area (TPSA) is 93.5 Å². The van der Waals surface area contributed by atoms with Gasteiger partial charge < -0.3 is 20.3 Å². The van der Waals surface area contributed by atoms with Gasteiger partial charge in [-0.1, -0.05) is 56.2 Å². The van der Waals surface area contributed by atoms with E-state index < -0.39 is 11.5 Å². The van der Waals surface area contributed by atoms with Gasteiger partial charge >= 0.3 is 0 Å². The molecule has 0 aliphatic heterocycles. The van der Waals surface area contributed by atoms with Crippen LogP contribution in [0, 0.1) is 29.1 Å². The van der Waals surface area contributed by atoms with Gasteiger partial charge in [-0.2, -0.15) is 0 Å². The first-order valence-corrected chi connectivity index (χ1v) is 11.0. The lowest BCUT2D eigenvalue weighted by atomic mass is 9.51. The second kappa shape index (κ2) is 8.46. The Morgan fingerprint density at radius 3 is 2.60 bits per heavy atom. The minimum absolute atomic E-state index is 0.0670. The van der Waals surface area contributed by atoms with E-state index in [9.17, 15) is 20.1 Å². The van der Waals surface area contributed by atoms with E-state index in [1.165, 1.54) is 6.92 Å². The molecule has 1 unspecified atom stereocenters. The fourth-order valence-corrected chi connectivity index (χ4v) is 5.73. The first kappa shape index (κ1) is 22.4. The van der Waals surface area contributed by atoms with Crippen molar-refractivity contribution in [2.75, 3.05) is 0 Å². The van der Waals surface area contributed by atoms with Crippen LogP contribution in [-0.4, -0.2) is 26.1 Å².